The molecule has 2 fully saturated rings. The van der Waals surface area contributed by atoms with Gasteiger partial charge in [-0.05, 0) is 37.8 Å². The van der Waals surface area contributed by atoms with Crippen molar-refractivity contribution in [1.29, 1.82) is 0 Å². The molecule has 1 aromatic heterocycles. The number of piperidine rings is 1. The first kappa shape index (κ1) is 23.9. The average molecular weight is 491 g/mol. The first-order valence-corrected chi connectivity index (χ1v) is 12.4. The van der Waals surface area contributed by atoms with Gasteiger partial charge in [0.1, 0.15) is 11.3 Å². The molecular weight excluding hydrogens is 456 g/mol. The molecule has 190 valence electrons. The standard InChI is InChI=1S/C26H34N8O2/c1-29-13-15-10-21(23(36-3)12-19(15)27)31-26(35)24-20(28)11-22(18-14-33(2)32-25(18)24)34-8-6-17(7-9-34)30-16-4-5-16/h10-14,16-17,30H,4-9,27-28H2,1-3H3,(H,31,35). The van der Waals surface area contributed by atoms with E-state index in [0.29, 0.717) is 51.5 Å². The monoisotopic (exact) mass is 490 g/mol. The Morgan fingerprint density at radius 1 is 1.14 bits per heavy atom. The highest BCUT2D eigenvalue weighted by atomic mass is 16.5. The minimum absolute atomic E-state index is 0.337. The Balaban J connectivity index is 1.45. The summed E-state index contributed by atoms with van der Waals surface area (Å²) < 4.78 is 7.18. The first-order chi connectivity index (χ1) is 17.4. The molecule has 1 aliphatic carbocycles. The van der Waals surface area contributed by atoms with Gasteiger partial charge < -0.3 is 31.7 Å². The Hall–Kier alpha value is -3.79. The predicted octanol–water partition coefficient (Wildman–Crippen LogP) is 2.77. The molecule has 0 radical (unpaired) electrons. The van der Waals surface area contributed by atoms with Gasteiger partial charge in [0.2, 0.25) is 0 Å². The number of fused-ring (bicyclic) bond motifs is 1. The zero-order valence-corrected chi connectivity index (χ0v) is 21.0. The molecule has 36 heavy (non-hydrogen) atoms. The van der Waals surface area contributed by atoms with Gasteiger partial charge in [0, 0.05) is 85.8 Å². The first-order valence-electron chi connectivity index (χ1n) is 12.4. The fourth-order valence-electron chi connectivity index (χ4n) is 4.98. The number of nitrogens with two attached hydrogens (primary N) is 2. The van der Waals surface area contributed by atoms with Gasteiger partial charge >= 0.3 is 0 Å². The fourth-order valence-corrected chi connectivity index (χ4v) is 4.98. The summed E-state index contributed by atoms with van der Waals surface area (Å²) in [6.45, 7) is 1.87. The van der Waals surface area contributed by atoms with E-state index in [1.165, 1.54) is 20.0 Å². The Kier molecular flexibility index (Phi) is 6.44. The lowest BCUT2D eigenvalue weighted by Gasteiger charge is -2.34. The molecule has 1 aliphatic heterocycles. The summed E-state index contributed by atoms with van der Waals surface area (Å²) in [5.74, 6) is 0.0850. The second-order valence-corrected chi connectivity index (χ2v) is 9.65. The van der Waals surface area contributed by atoms with Crippen LogP contribution in [0.5, 0.6) is 5.75 Å². The van der Waals surface area contributed by atoms with Crippen molar-refractivity contribution < 1.29 is 9.53 Å². The highest BCUT2D eigenvalue weighted by Gasteiger charge is 2.29. The molecule has 0 unspecified atom stereocenters. The molecular formula is C26H34N8O2. The fraction of sp³-hybridized carbons (Fsp3) is 0.423. The minimum atomic E-state index is -0.363. The number of ether oxygens (including phenoxy) is 1. The number of nitrogen functional groups attached to an aromatic ring is 2. The molecule has 3 aromatic rings. The molecule has 10 nitrogen and oxygen atoms in total. The van der Waals surface area contributed by atoms with Crippen LogP contribution in [-0.4, -0.2) is 61.2 Å². The van der Waals surface area contributed by atoms with Gasteiger partial charge in [-0.2, -0.15) is 5.10 Å². The number of nitrogens with zero attached hydrogens (tertiary/aromatic N) is 4. The third-order valence-corrected chi connectivity index (χ3v) is 6.96. The minimum Gasteiger partial charge on any atom is -0.494 e. The number of hydrogen-bond donors (Lipinski definition) is 4. The van der Waals surface area contributed by atoms with E-state index in [1.807, 2.05) is 19.3 Å². The summed E-state index contributed by atoms with van der Waals surface area (Å²) in [5, 5.41) is 12.2. The van der Waals surface area contributed by atoms with Crippen molar-refractivity contribution in [2.24, 2.45) is 12.0 Å². The number of amides is 1. The molecule has 2 aliphatic rings. The van der Waals surface area contributed by atoms with Crippen LogP contribution >= 0.6 is 0 Å². The summed E-state index contributed by atoms with van der Waals surface area (Å²) in [4.78, 5) is 19.9. The molecule has 0 spiro atoms. The van der Waals surface area contributed by atoms with Crippen LogP contribution < -0.4 is 31.7 Å². The lowest BCUT2D eigenvalue weighted by atomic mass is 10.0. The number of nitrogens with one attached hydrogen (secondary N) is 2. The summed E-state index contributed by atoms with van der Waals surface area (Å²) in [6, 6.07) is 6.59. The van der Waals surface area contributed by atoms with Crippen molar-refractivity contribution >= 4 is 45.8 Å². The zero-order valence-electron chi connectivity index (χ0n) is 21.0. The molecule has 2 heterocycles. The largest absolute Gasteiger partial charge is 0.494 e. The molecule has 6 N–H and O–H groups in total. The molecule has 1 amide bonds. The van der Waals surface area contributed by atoms with Gasteiger partial charge in [-0.1, -0.05) is 0 Å². The van der Waals surface area contributed by atoms with Gasteiger partial charge in [0.25, 0.3) is 5.91 Å². The van der Waals surface area contributed by atoms with Crippen LogP contribution in [0.1, 0.15) is 41.6 Å². The number of aliphatic imine (C=N–C) groups is 1. The molecule has 1 saturated carbocycles. The number of carbonyl (C=O) groups is 1. The Bertz CT molecular complexity index is 1320. The Morgan fingerprint density at radius 3 is 2.53 bits per heavy atom. The summed E-state index contributed by atoms with van der Waals surface area (Å²) in [5.41, 5.74) is 16.6. The van der Waals surface area contributed by atoms with Crippen LogP contribution in [0, 0.1) is 0 Å². The maximum absolute atomic E-state index is 13.5. The highest BCUT2D eigenvalue weighted by molar-refractivity contribution is 6.18. The topological polar surface area (TPSA) is 136 Å². The van der Waals surface area contributed by atoms with Crippen molar-refractivity contribution in [3.05, 3.63) is 35.5 Å². The quantitative estimate of drug-likeness (QED) is 0.295. The van der Waals surface area contributed by atoms with Crippen molar-refractivity contribution in [3.8, 4) is 5.75 Å². The van der Waals surface area contributed by atoms with E-state index in [-0.39, 0.29) is 5.91 Å². The van der Waals surface area contributed by atoms with Crippen LogP contribution in [0.15, 0.2) is 29.4 Å². The smallest absolute Gasteiger partial charge is 0.260 e. The van der Waals surface area contributed by atoms with Crippen LogP contribution in [-0.2, 0) is 7.05 Å². The number of aromatic nitrogens is 2. The molecule has 0 atom stereocenters. The summed E-state index contributed by atoms with van der Waals surface area (Å²) >= 11 is 0. The molecule has 2 aromatic carbocycles. The number of carbonyl (C=O) groups excluding carboxylic acids is 1. The van der Waals surface area contributed by atoms with Crippen LogP contribution in [0.4, 0.5) is 22.7 Å². The maximum Gasteiger partial charge on any atom is 0.260 e. The third-order valence-electron chi connectivity index (χ3n) is 6.96. The maximum atomic E-state index is 13.5. The normalized spacial score (nSPS) is 16.7. The Labute approximate surface area is 210 Å². The van der Waals surface area contributed by atoms with Gasteiger partial charge in [0.05, 0.1) is 18.4 Å². The lowest BCUT2D eigenvalue weighted by Crippen LogP contribution is -2.43. The van der Waals surface area contributed by atoms with E-state index in [4.69, 9.17) is 16.2 Å². The molecule has 1 saturated heterocycles. The predicted molar refractivity (Wildman–Crippen MR) is 145 cm³/mol. The Morgan fingerprint density at radius 2 is 1.86 bits per heavy atom. The van der Waals surface area contributed by atoms with Gasteiger partial charge in [0.15, 0.2) is 0 Å². The summed E-state index contributed by atoms with van der Waals surface area (Å²) in [6.07, 6.45) is 8.35. The van der Waals surface area contributed by atoms with Crippen molar-refractivity contribution in [2.75, 3.05) is 48.9 Å². The third kappa shape index (κ3) is 4.68. The van der Waals surface area contributed by atoms with E-state index in [1.54, 1.807) is 30.1 Å². The SMILES string of the molecule is CN=Cc1cc(NC(=O)c2c(N)cc(N3CCC(NC4CC4)CC3)c3cn(C)nc23)c(OC)cc1N. The van der Waals surface area contributed by atoms with E-state index in [9.17, 15) is 4.79 Å². The van der Waals surface area contributed by atoms with Gasteiger partial charge in [-0.15, -0.1) is 0 Å². The number of anilines is 4. The number of hydrogen-bond acceptors (Lipinski definition) is 8. The van der Waals surface area contributed by atoms with Gasteiger partial charge in [-0.3, -0.25) is 14.5 Å². The molecule has 5 rings (SSSR count). The van der Waals surface area contributed by atoms with Gasteiger partial charge in [-0.25, -0.2) is 0 Å². The second kappa shape index (κ2) is 9.69. The van der Waals surface area contributed by atoms with E-state index < -0.39 is 0 Å². The summed E-state index contributed by atoms with van der Waals surface area (Å²) in [7, 11) is 5.04. The van der Waals surface area contributed by atoms with Crippen LogP contribution in [0.25, 0.3) is 10.9 Å². The van der Waals surface area contributed by atoms with Crippen molar-refractivity contribution in [2.45, 2.75) is 37.8 Å². The average Bonchev–Trinajstić information content (AvgIpc) is 3.58. The number of aryl methyl sites for hydroxylation is 1. The highest BCUT2D eigenvalue weighted by Crippen LogP contribution is 2.36. The second-order valence-electron chi connectivity index (χ2n) is 9.65. The van der Waals surface area contributed by atoms with Crippen molar-refractivity contribution in [3.63, 3.8) is 0 Å². The van der Waals surface area contributed by atoms with E-state index in [0.717, 1.165) is 37.0 Å². The number of rotatable bonds is 7. The molecule has 0 bridgehead atoms. The van der Waals surface area contributed by atoms with Crippen LogP contribution in [0.3, 0.4) is 0 Å². The van der Waals surface area contributed by atoms with Crippen molar-refractivity contribution in [1.82, 2.24) is 15.1 Å². The van der Waals surface area contributed by atoms with E-state index in [2.05, 4.69) is 25.6 Å². The number of methoxy groups -OCH3 is 1. The number of benzene rings is 2. The van der Waals surface area contributed by atoms with E-state index >= 15 is 0 Å². The lowest BCUT2D eigenvalue weighted by molar-refractivity contribution is 0.102. The zero-order chi connectivity index (χ0) is 25.4. The van der Waals surface area contributed by atoms with Crippen LogP contribution in [0.2, 0.25) is 0 Å². The molecule has 10 heteroatoms.